The number of hydrogen-bond donors (Lipinski definition) is 4. The van der Waals surface area contributed by atoms with Crippen molar-refractivity contribution in [3.8, 4) is 0 Å². The first-order valence-corrected chi connectivity index (χ1v) is 9.28. The van der Waals surface area contributed by atoms with Crippen LogP contribution >= 0.6 is 11.6 Å². The highest BCUT2D eigenvalue weighted by Crippen LogP contribution is 2.39. The van der Waals surface area contributed by atoms with Crippen LogP contribution in [-0.2, 0) is 6.54 Å². The van der Waals surface area contributed by atoms with Gasteiger partial charge < -0.3 is 15.6 Å². The summed E-state index contributed by atoms with van der Waals surface area (Å²) in [6, 6.07) is 9.85. The fourth-order valence-electron chi connectivity index (χ4n) is 3.10. The van der Waals surface area contributed by atoms with Gasteiger partial charge in [-0.25, -0.2) is 4.98 Å². The zero-order valence-electron chi connectivity index (χ0n) is 14.5. The Bertz CT molecular complexity index is 1100. The molecule has 1 saturated carbocycles. The molecule has 4 N–H and O–H groups in total. The van der Waals surface area contributed by atoms with Gasteiger partial charge in [0.2, 0.25) is 5.95 Å². The molecule has 7 nitrogen and oxygen atoms in total. The predicted molar refractivity (Wildman–Crippen MR) is 107 cm³/mol. The number of benzene rings is 1. The number of anilines is 3. The first-order valence-electron chi connectivity index (χ1n) is 8.90. The smallest absolute Gasteiger partial charge is 0.224 e. The molecule has 3 heterocycles. The fourth-order valence-corrected chi connectivity index (χ4v) is 3.40. The van der Waals surface area contributed by atoms with Gasteiger partial charge in [0, 0.05) is 47.5 Å². The minimum atomic E-state index is 0.531. The zero-order valence-corrected chi connectivity index (χ0v) is 15.2. The average molecular weight is 380 g/mol. The van der Waals surface area contributed by atoms with E-state index >= 15 is 0 Å². The van der Waals surface area contributed by atoms with Crippen LogP contribution in [0.5, 0.6) is 0 Å². The Hall–Kier alpha value is -3.06. The summed E-state index contributed by atoms with van der Waals surface area (Å²) in [7, 11) is 0. The molecule has 0 atom stereocenters. The van der Waals surface area contributed by atoms with Crippen molar-refractivity contribution in [1.29, 1.82) is 0 Å². The number of hydrogen-bond acceptors (Lipinski definition) is 5. The summed E-state index contributed by atoms with van der Waals surface area (Å²) in [6.07, 6.45) is 6.07. The van der Waals surface area contributed by atoms with Crippen LogP contribution in [0.1, 0.15) is 30.0 Å². The lowest BCUT2D eigenvalue weighted by atomic mass is 10.1. The molecule has 1 aliphatic carbocycles. The van der Waals surface area contributed by atoms with E-state index in [9.17, 15) is 0 Å². The van der Waals surface area contributed by atoms with E-state index in [2.05, 4.69) is 35.8 Å². The largest absolute Gasteiger partial charge is 0.361 e. The molecule has 4 aromatic rings. The fraction of sp³-hybridized carbons (Fsp3) is 0.211. The molecule has 27 heavy (non-hydrogen) atoms. The van der Waals surface area contributed by atoms with Crippen molar-refractivity contribution in [2.24, 2.45) is 0 Å². The van der Waals surface area contributed by atoms with Crippen molar-refractivity contribution in [3.05, 3.63) is 59.0 Å². The minimum Gasteiger partial charge on any atom is -0.361 e. The van der Waals surface area contributed by atoms with Crippen LogP contribution in [0.4, 0.5) is 17.6 Å². The van der Waals surface area contributed by atoms with Gasteiger partial charge in [0.1, 0.15) is 5.82 Å². The number of halogens is 1. The molecule has 0 radical (unpaired) electrons. The summed E-state index contributed by atoms with van der Waals surface area (Å²) >= 11 is 6.50. The first kappa shape index (κ1) is 16.1. The summed E-state index contributed by atoms with van der Waals surface area (Å²) in [5.74, 6) is 2.62. The van der Waals surface area contributed by atoms with Crippen molar-refractivity contribution < 1.29 is 0 Å². The molecular weight excluding hydrogens is 362 g/mol. The molecule has 0 saturated heterocycles. The minimum absolute atomic E-state index is 0.531. The normalized spacial score (nSPS) is 13.8. The van der Waals surface area contributed by atoms with E-state index in [1.165, 1.54) is 18.5 Å². The molecule has 1 fully saturated rings. The van der Waals surface area contributed by atoms with Crippen molar-refractivity contribution >= 4 is 40.1 Å². The molecule has 0 amide bonds. The molecule has 136 valence electrons. The molecule has 0 spiro atoms. The molecule has 8 heteroatoms. The molecule has 1 aromatic carbocycles. The first-order chi connectivity index (χ1) is 13.3. The SMILES string of the molecule is Clc1c(CNc2nccc(Nc3cc(C4CC4)[nH]n3)n2)ccc2[nH]ccc12. The van der Waals surface area contributed by atoms with Gasteiger partial charge in [0.25, 0.3) is 0 Å². The maximum absolute atomic E-state index is 6.50. The van der Waals surface area contributed by atoms with Crippen molar-refractivity contribution in [1.82, 2.24) is 25.1 Å². The number of rotatable bonds is 6. The lowest BCUT2D eigenvalue weighted by molar-refractivity contribution is 0.966. The molecule has 0 unspecified atom stereocenters. The third-order valence-electron chi connectivity index (χ3n) is 4.71. The Labute approximate surface area is 160 Å². The molecule has 3 aromatic heterocycles. The Kier molecular flexibility index (Phi) is 3.94. The lowest BCUT2D eigenvalue weighted by Gasteiger charge is -2.09. The molecule has 5 rings (SSSR count). The second-order valence-electron chi connectivity index (χ2n) is 6.70. The summed E-state index contributed by atoms with van der Waals surface area (Å²) in [5.41, 5.74) is 3.20. The second kappa shape index (κ2) is 6.59. The Morgan fingerprint density at radius 2 is 2.07 bits per heavy atom. The highest BCUT2D eigenvalue weighted by atomic mass is 35.5. The topological polar surface area (TPSA) is 94.3 Å². The van der Waals surface area contributed by atoms with Gasteiger partial charge >= 0.3 is 0 Å². The van der Waals surface area contributed by atoms with Crippen LogP contribution in [0.15, 0.2) is 42.7 Å². The molecular formula is C19H18ClN7. The highest BCUT2D eigenvalue weighted by molar-refractivity contribution is 6.36. The van der Waals surface area contributed by atoms with E-state index in [1.54, 1.807) is 6.20 Å². The van der Waals surface area contributed by atoms with Gasteiger partial charge in [-0.1, -0.05) is 17.7 Å². The lowest BCUT2D eigenvalue weighted by Crippen LogP contribution is -2.05. The van der Waals surface area contributed by atoms with Crippen molar-refractivity contribution in [3.63, 3.8) is 0 Å². The van der Waals surface area contributed by atoms with Crippen molar-refractivity contribution in [2.45, 2.75) is 25.3 Å². The van der Waals surface area contributed by atoms with E-state index < -0.39 is 0 Å². The van der Waals surface area contributed by atoms with E-state index in [4.69, 9.17) is 11.6 Å². The van der Waals surface area contributed by atoms with E-state index in [0.29, 0.717) is 24.2 Å². The molecule has 1 aliphatic rings. The van der Waals surface area contributed by atoms with Crippen LogP contribution < -0.4 is 10.6 Å². The van der Waals surface area contributed by atoms with Gasteiger partial charge in [0.05, 0.1) is 5.02 Å². The second-order valence-corrected chi connectivity index (χ2v) is 7.08. The summed E-state index contributed by atoms with van der Waals surface area (Å²) in [6.45, 7) is 0.539. The quantitative estimate of drug-likeness (QED) is 0.393. The van der Waals surface area contributed by atoms with Crippen LogP contribution in [0, 0.1) is 0 Å². The van der Waals surface area contributed by atoms with Gasteiger partial charge in [0.15, 0.2) is 5.82 Å². The molecule has 0 aliphatic heterocycles. The van der Waals surface area contributed by atoms with E-state index in [1.807, 2.05) is 36.5 Å². The van der Waals surface area contributed by atoms with Crippen molar-refractivity contribution in [2.75, 3.05) is 10.6 Å². The van der Waals surface area contributed by atoms with Gasteiger partial charge in [-0.3, -0.25) is 5.10 Å². The predicted octanol–water partition coefficient (Wildman–Crippen LogP) is 4.57. The van der Waals surface area contributed by atoms with Crippen LogP contribution in [0.25, 0.3) is 10.9 Å². The van der Waals surface area contributed by atoms with E-state index in [0.717, 1.165) is 27.3 Å². The number of nitrogens with zero attached hydrogens (tertiary/aromatic N) is 3. The third kappa shape index (κ3) is 3.33. The number of fused-ring (bicyclic) bond motifs is 1. The monoisotopic (exact) mass is 379 g/mol. The third-order valence-corrected chi connectivity index (χ3v) is 5.16. The number of nitrogens with one attached hydrogen (secondary N) is 4. The number of aromatic nitrogens is 5. The Balaban J connectivity index is 1.28. The van der Waals surface area contributed by atoms with Gasteiger partial charge in [-0.15, -0.1) is 0 Å². The Morgan fingerprint density at radius 3 is 2.96 bits per heavy atom. The summed E-state index contributed by atoms with van der Waals surface area (Å²) in [5, 5.41) is 15.6. The van der Waals surface area contributed by atoms with Crippen LogP contribution in [-0.4, -0.2) is 25.1 Å². The number of aromatic amines is 2. The van der Waals surface area contributed by atoms with Gasteiger partial charge in [-0.05, 0) is 36.6 Å². The summed E-state index contributed by atoms with van der Waals surface area (Å²) in [4.78, 5) is 11.9. The maximum atomic E-state index is 6.50. The standard InChI is InChI=1S/C19H18ClN7/c20-18-12(3-4-14-13(18)5-7-21-14)10-23-19-22-8-6-16(25-19)24-17-9-15(26-27-17)11-1-2-11/h3-9,11,21H,1-2,10H2,(H3,22,23,24,25,26,27). The summed E-state index contributed by atoms with van der Waals surface area (Å²) < 4.78 is 0. The van der Waals surface area contributed by atoms with E-state index in [-0.39, 0.29) is 0 Å². The maximum Gasteiger partial charge on any atom is 0.224 e. The number of H-pyrrole nitrogens is 2. The van der Waals surface area contributed by atoms with Crippen LogP contribution in [0.2, 0.25) is 5.02 Å². The van der Waals surface area contributed by atoms with Gasteiger partial charge in [-0.2, -0.15) is 10.1 Å². The zero-order chi connectivity index (χ0) is 18.2. The van der Waals surface area contributed by atoms with Crippen LogP contribution in [0.3, 0.4) is 0 Å². The molecule has 0 bridgehead atoms. The average Bonchev–Trinajstić information content (AvgIpc) is 3.23. The highest BCUT2D eigenvalue weighted by Gasteiger charge is 2.25. The Morgan fingerprint density at radius 1 is 1.15 bits per heavy atom.